The summed E-state index contributed by atoms with van der Waals surface area (Å²) in [7, 11) is 1.88. The van der Waals surface area contributed by atoms with Crippen molar-refractivity contribution in [1.29, 1.82) is 0 Å². The van der Waals surface area contributed by atoms with Gasteiger partial charge < -0.3 is 10.3 Å². The van der Waals surface area contributed by atoms with Crippen LogP contribution in [-0.2, 0) is 13.5 Å². The van der Waals surface area contributed by atoms with Crippen molar-refractivity contribution in [3.05, 3.63) is 12.2 Å². The van der Waals surface area contributed by atoms with Gasteiger partial charge in [0.1, 0.15) is 11.3 Å². The lowest BCUT2D eigenvalue weighted by Crippen LogP contribution is -2.01. The van der Waals surface area contributed by atoms with Crippen molar-refractivity contribution in [3.8, 4) is 0 Å². The minimum atomic E-state index is 0.502. The van der Waals surface area contributed by atoms with E-state index >= 15 is 0 Å². The van der Waals surface area contributed by atoms with Gasteiger partial charge in [0.25, 0.3) is 0 Å². The summed E-state index contributed by atoms with van der Waals surface area (Å²) < 4.78 is 1.82. The molecule has 0 amide bonds. The average Bonchev–Trinajstić information content (AvgIpc) is 2.48. The minimum absolute atomic E-state index is 0.502. The summed E-state index contributed by atoms with van der Waals surface area (Å²) in [5.74, 6) is 1.24. The second-order valence-electron chi connectivity index (χ2n) is 2.91. The highest BCUT2D eigenvalue weighted by Crippen LogP contribution is 2.15. The normalized spacial score (nSPS) is 10.9. The predicted molar refractivity (Wildman–Crippen MR) is 50.1 cm³/mol. The number of rotatable bonds is 1. The highest BCUT2D eigenvalue weighted by atomic mass is 15.1. The molecule has 2 heterocycles. The smallest absolute Gasteiger partial charge is 0.183 e. The molecule has 68 valence electrons. The van der Waals surface area contributed by atoms with Crippen molar-refractivity contribution in [2.75, 3.05) is 5.73 Å². The van der Waals surface area contributed by atoms with Crippen molar-refractivity contribution in [3.63, 3.8) is 0 Å². The molecule has 0 bridgehead atoms. The fraction of sp³-hybridized carbons (Fsp3) is 0.375. The molecule has 2 aromatic rings. The molecule has 0 unspecified atom stereocenters. The number of nitrogen functional groups attached to an aromatic ring is 1. The summed E-state index contributed by atoms with van der Waals surface area (Å²) in [5.41, 5.74) is 7.24. The van der Waals surface area contributed by atoms with Gasteiger partial charge in [-0.3, -0.25) is 0 Å². The Hall–Kier alpha value is -1.65. The maximum atomic E-state index is 5.77. The maximum Gasteiger partial charge on any atom is 0.183 e. The lowest BCUT2D eigenvalue weighted by molar-refractivity contribution is 0.935. The number of nitrogens with zero attached hydrogens (tertiary/aromatic N) is 4. The molecule has 0 aliphatic heterocycles. The largest absolute Gasteiger partial charge is 0.382 e. The van der Waals surface area contributed by atoms with Crippen LogP contribution in [0.15, 0.2) is 6.33 Å². The van der Waals surface area contributed by atoms with Crippen LogP contribution < -0.4 is 5.73 Å². The first-order valence-electron chi connectivity index (χ1n) is 4.15. The summed E-state index contributed by atoms with van der Waals surface area (Å²) in [4.78, 5) is 12.5. The van der Waals surface area contributed by atoms with E-state index in [2.05, 4.69) is 15.0 Å². The van der Waals surface area contributed by atoms with Crippen LogP contribution in [0.1, 0.15) is 12.7 Å². The third-order valence-electron chi connectivity index (χ3n) is 1.96. The Bertz CT molecular complexity index is 445. The van der Waals surface area contributed by atoms with E-state index in [4.69, 9.17) is 5.73 Å². The Morgan fingerprint density at radius 1 is 1.46 bits per heavy atom. The SMILES string of the molecule is CCc1nc(N)c2c(ncn2C)n1. The van der Waals surface area contributed by atoms with Gasteiger partial charge in [0, 0.05) is 13.5 Å². The van der Waals surface area contributed by atoms with Crippen LogP contribution in [0.5, 0.6) is 0 Å². The van der Waals surface area contributed by atoms with Gasteiger partial charge in [-0.15, -0.1) is 0 Å². The van der Waals surface area contributed by atoms with Crippen molar-refractivity contribution >= 4 is 17.0 Å². The lowest BCUT2D eigenvalue weighted by atomic mass is 10.4. The molecule has 0 aromatic carbocycles. The van der Waals surface area contributed by atoms with Gasteiger partial charge >= 0.3 is 0 Å². The van der Waals surface area contributed by atoms with Gasteiger partial charge in [-0.1, -0.05) is 6.92 Å². The van der Waals surface area contributed by atoms with E-state index in [0.29, 0.717) is 11.5 Å². The molecule has 0 aliphatic rings. The van der Waals surface area contributed by atoms with E-state index in [9.17, 15) is 0 Å². The molecule has 5 nitrogen and oxygen atoms in total. The Morgan fingerprint density at radius 2 is 2.23 bits per heavy atom. The molecule has 0 radical (unpaired) electrons. The molecular formula is C8H11N5. The number of nitrogens with two attached hydrogens (primary N) is 1. The molecule has 0 spiro atoms. The predicted octanol–water partition coefficient (Wildman–Crippen LogP) is 0.508. The standard InChI is InChI=1S/C8H11N5/c1-3-5-11-7(9)6-8(12-5)10-4-13(6)2/h4H,3H2,1-2H3,(H2,9,11,12). The molecule has 0 aliphatic carbocycles. The number of imidazole rings is 1. The van der Waals surface area contributed by atoms with Gasteiger partial charge in [-0.05, 0) is 0 Å². The maximum absolute atomic E-state index is 5.77. The third kappa shape index (κ3) is 1.12. The van der Waals surface area contributed by atoms with E-state index in [-0.39, 0.29) is 0 Å². The number of hydrogen-bond donors (Lipinski definition) is 1. The zero-order valence-electron chi connectivity index (χ0n) is 7.65. The average molecular weight is 177 g/mol. The first kappa shape index (κ1) is 7.97. The van der Waals surface area contributed by atoms with Crippen molar-refractivity contribution in [2.45, 2.75) is 13.3 Å². The van der Waals surface area contributed by atoms with Crippen molar-refractivity contribution in [2.24, 2.45) is 7.05 Å². The van der Waals surface area contributed by atoms with Crippen molar-refractivity contribution in [1.82, 2.24) is 19.5 Å². The van der Waals surface area contributed by atoms with E-state index in [1.807, 2.05) is 18.5 Å². The van der Waals surface area contributed by atoms with Gasteiger partial charge in [0.05, 0.1) is 6.33 Å². The second-order valence-corrected chi connectivity index (χ2v) is 2.91. The second kappa shape index (κ2) is 2.69. The number of aromatic nitrogens is 4. The van der Waals surface area contributed by atoms with E-state index in [1.165, 1.54) is 0 Å². The quantitative estimate of drug-likeness (QED) is 0.689. The van der Waals surface area contributed by atoms with Crippen LogP contribution in [0, 0.1) is 0 Å². The third-order valence-corrected chi connectivity index (χ3v) is 1.96. The summed E-state index contributed by atoms with van der Waals surface area (Å²) in [6.45, 7) is 1.99. The molecular weight excluding hydrogens is 166 g/mol. The molecule has 5 heteroatoms. The molecule has 2 rings (SSSR count). The molecule has 0 fully saturated rings. The molecule has 0 saturated carbocycles. The molecule has 0 atom stereocenters. The molecule has 0 saturated heterocycles. The van der Waals surface area contributed by atoms with Crippen molar-refractivity contribution < 1.29 is 0 Å². The molecule has 2 N–H and O–H groups in total. The van der Waals surface area contributed by atoms with Crippen LogP contribution in [-0.4, -0.2) is 19.5 Å². The van der Waals surface area contributed by atoms with Crippen LogP contribution in [0.2, 0.25) is 0 Å². The van der Waals surface area contributed by atoms with E-state index in [0.717, 1.165) is 17.8 Å². The fourth-order valence-electron chi connectivity index (χ4n) is 1.29. The number of fused-ring (bicyclic) bond motifs is 1. The highest BCUT2D eigenvalue weighted by molar-refractivity contribution is 5.81. The summed E-state index contributed by atoms with van der Waals surface area (Å²) >= 11 is 0. The Balaban J connectivity index is 2.79. The van der Waals surface area contributed by atoms with Gasteiger partial charge in [-0.25, -0.2) is 15.0 Å². The Kier molecular flexibility index (Phi) is 1.65. The number of anilines is 1. The monoisotopic (exact) mass is 177 g/mol. The highest BCUT2D eigenvalue weighted by Gasteiger charge is 2.07. The van der Waals surface area contributed by atoms with Crippen LogP contribution in [0.3, 0.4) is 0 Å². The number of aryl methyl sites for hydroxylation is 2. The van der Waals surface area contributed by atoms with Crippen LogP contribution >= 0.6 is 0 Å². The number of hydrogen-bond acceptors (Lipinski definition) is 4. The Labute approximate surface area is 75.6 Å². The first-order chi connectivity index (χ1) is 6.22. The van der Waals surface area contributed by atoms with Crippen LogP contribution in [0.25, 0.3) is 11.2 Å². The van der Waals surface area contributed by atoms with Crippen LogP contribution in [0.4, 0.5) is 5.82 Å². The van der Waals surface area contributed by atoms with E-state index in [1.54, 1.807) is 6.33 Å². The van der Waals surface area contributed by atoms with Gasteiger partial charge in [-0.2, -0.15) is 0 Å². The molecule has 2 aromatic heterocycles. The fourth-order valence-corrected chi connectivity index (χ4v) is 1.29. The topological polar surface area (TPSA) is 69.6 Å². The minimum Gasteiger partial charge on any atom is -0.382 e. The summed E-state index contributed by atoms with van der Waals surface area (Å²) in [6, 6.07) is 0. The zero-order chi connectivity index (χ0) is 9.42. The van der Waals surface area contributed by atoms with E-state index < -0.39 is 0 Å². The van der Waals surface area contributed by atoms with Gasteiger partial charge in [0.2, 0.25) is 0 Å². The lowest BCUT2D eigenvalue weighted by Gasteiger charge is -2.00. The Morgan fingerprint density at radius 3 is 2.92 bits per heavy atom. The summed E-state index contributed by atoms with van der Waals surface area (Å²) in [5, 5.41) is 0. The first-order valence-corrected chi connectivity index (χ1v) is 4.15. The molecule has 13 heavy (non-hydrogen) atoms. The summed E-state index contributed by atoms with van der Waals surface area (Å²) in [6.07, 6.45) is 2.46. The van der Waals surface area contributed by atoms with Gasteiger partial charge in [0.15, 0.2) is 11.5 Å². The zero-order valence-corrected chi connectivity index (χ0v) is 7.65.